The molecule has 1 aromatic heterocycles. The van der Waals surface area contributed by atoms with E-state index in [0.717, 1.165) is 25.2 Å². The number of hydrogen-bond acceptors (Lipinski definition) is 5. The molecule has 2 heterocycles. The van der Waals surface area contributed by atoms with E-state index in [1.54, 1.807) is 20.0 Å². The Labute approximate surface area is 159 Å². The van der Waals surface area contributed by atoms with Gasteiger partial charge in [-0.3, -0.25) is 4.90 Å². The van der Waals surface area contributed by atoms with Gasteiger partial charge in [0.2, 0.25) is 15.0 Å². The zero-order valence-corrected chi connectivity index (χ0v) is 18.1. The molecular formula is C19H36N4O2S. The highest BCUT2D eigenvalue weighted by molar-refractivity contribution is 7.91. The molecule has 2 rings (SSSR count). The lowest BCUT2D eigenvalue weighted by Crippen LogP contribution is -2.36. The van der Waals surface area contributed by atoms with Crippen molar-refractivity contribution in [2.45, 2.75) is 76.5 Å². The first-order chi connectivity index (χ1) is 12.1. The van der Waals surface area contributed by atoms with E-state index in [2.05, 4.69) is 42.7 Å². The van der Waals surface area contributed by atoms with Gasteiger partial charge in [0.1, 0.15) is 0 Å². The first-order valence-electron chi connectivity index (χ1n) is 9.80. The SMILES string of the molecule is CC(C)CCn1c(CN(C)C[C@@H]2CCCN2C)cnc1S(=O)(=O)C(C)C. The molecule has 150 valence electrons. The minimum atomic E-state index is -3.38. The minimum Gasteiger partial charge on any atom is -0.318 e. The van der Waals surface area contributed by atoms with Crippen LogP contribution < -0.4 is 0 Å². The van der Waals surface area contributed by atoms with Gasteiger partial charge in [-0.05, 0) is 59.7 Å². The number of likely N-dealkylation sites (tertiary alicyclic amines) is 1. The largest absolute Gasteiger partial charge is 0.318 e. The summed E-state index contributed by atoms with van der Waals surface area (Å²) in [6.07, 6.45) is 5.20. The predicted octanol–water partition coefficient (Wildman–Crippen LogP) is 2.64. The Bertz CT molecular complexity index is 682. The van der Waals surface area contributed by atoms with Crippen molar-refractivity contribution in [3.05, 3.63) is 11.9 Å². The molecule has 1 atom stereocenters. The fourth-order valence-electron chi connectivity index (χ4n) is 3.49. The van der Waals surface area contributed by atoms with Gasteiger partial charge in [-0.25, -0.2) is 13.4 Å². The zero-order chi connectivity index (χ0) is 19.5. The molecule has 0 N–H and O–H groups in total. The molecule has 1 aliphatic rings. The maximum atomic E-state index is 12.7. The van der Waals surface area contributed by atoms with Crippen molar-refractivity contribution in [3.63, 3.8) is 0 Å². The Balaban J connectivity index is 2.19. The molecule has 0 amide bonds. The van der Waals surface area contributed by atoms with Crippen molar-refractivity contribution in [2.75, 3.05) is 27.2 Å². The molecule has 0 bridgehead atoms. The van der Waals surface area contributed by atoms with Crippen LogP contribution >= 0.6 is 0 Å². The summed E-state index contributed by atoms with van der Waals surface area (Å²) in [7, 11) is 0.923. The Morgan fingerprint density at radius 3 is 2.54 bits per heavy atom. The van der Waals surface area contributed by atoms with Gasteiger partial charge in [0.15, 0.2) is 0 Å². The second-order valence-corrected chi connectivity index (χ2v) is 10.8. The van der Waals surface area contributed by atoms with Crippen LogP contribution in [-0.2, 0) is 22.9 Å². The van der Waals surface area contributed by atoms with Gasteiger partial charge in [0, 0.05) is 25.7 Å². The number of aromatic nitrogens is 2. The number of hydrogen-bond donors (Lipinski definition) is 0. The van der Waals surface area contributed by atoms with E-state index in [-0.39, 0.29) is 5.16 Å². The Kier molecular flexibility index (Phi) is 7.27. The molecule has 1 aromatic rings. The Morgan fingerprint density at radius 2 is 2.00 bits per heavy atom. The van der Waals surface area contributed by atoms with Crippen molar-refractivity contribution < 1.29 is 8.42 Å². The van der Waals surface area contributed by atoms with Gasteiger partial charge in [0.05, 0.1) is 17.1 Å². The molecule has 6 nitrogen and oxygen atoms in total. The molecule has 0 spiro atoms. The normalized spacial score (nSPS) is 19.3. The Morgan fingerprint density at radius 1 is 1.31 bits per heavy atom. The van der Waals surface area contributed by atoms with E-state index >= 15 is 0 Å². The first-order valence-corrected chi connectivity index (χ1v) is 11.3. The monoisotopic (exact) mass is 384 g/mol. The number of rotatable bonds is 9. The van der Waals surface area contributed by atoms with Crippen LogP contribution in [0.2, 0.25) is 0 Å². The van der Waals surface area contributed by atoms with Gasteiger partial charge in [0.25, 0.3) is 0 Å². The lowest BCUT2D eigenvalue weighted by atomic mass is 10.1. The molecule has 0 unspecified atom stereocenters. The highest BCUT2D eigenvalue weighted by atomic mass is 32.2. The highest BCUT2D eigenvalue weighted by Crippen LogP contribution is 2.21. The lowest BCUT2D eigenvalue weighted by molar-refractivity contribution is 0.212. The summed E-state index contributed by atoms with van der Waals surface area (Å²) in [6.45, 7) is 11.4. The standard InChI is InChI=1S/C19H36N4O2S/c1-15(2)9-11-23-18(12-20-19(23)26(24,25)16(3)4)14-21(5)13-17-8-7-10-22(17)6/h12,15-17H,7-11,13-14H2,1-6H3/t17-/m0/s1. The first kappa shape index (κ1) is 21.4. The fraction of sp³-hybridized carbons (Fsp3) is 0.842. The predicted molar refractivity (Wildman–Crippen MR) is 106 cm³/mol. The minimum absolute atomic E-state index is 0.231. The van der Waals surface area contributed by atoms with Crippen molar-refractivity contribution in [1.82, 2.24) is 19.4 Å². The number of sulfone groups is 1. The van der Waals surface area contributed by atoms with Crippen molar-refractivity contribution >= 4 is 9.84 Å². The molecule has 0 aromatic carbocycles. The van der Waals surface area contributed by atoms with E-state index in [9.17, 15) is 8.42 Å². The van der Waals surface area contributed by atoms with Gasteiger partial charge < -0.3 is 9.47 Å². The third kappa shape index (κ3) is 5.08. The van der Waals surface area contributed by atoms with Crippen molar-refractivity contribution in [3.8, 4) is 0 Å². The quantitative estimate of drug-likeness (QED) is 0.655. The van der Waals surface area contributed by atoms with E-state index < -0.39 is 15.1 Å². The fourth-order valence-corrected chi connectivity index (χ4v) is 4.63. The average Bonchev–Trinajstić information content (AvgIpc) is 3.12. The molecule has 1 aliphatic heterocycles. The number of nitrogens with zero attached hydrogens (tertiary/aromatic N) is 4. The molecule has 0 saturated carbocycles. The van der Waals surface area contributed by atoms with E-state index in [0.29, 0.717) is 18.5 Å². The molecule has 7 heteroatoms. The summed E-state index contributed by atoms with van der Waals surface area (Å²) < 4.78 is 27.4. The molecular weight excluding hydrogens is 348 g/mol. The van der Waals surface area contributed by atoms with Crippen LogP contribution in [0.15, 0.2) is 11.4 Å². The van der Waals surface area contributed by atoms with Crippen LogP contribution in [0.25, 0.3) is 0 Å². The molecule has 1 fully saturated rings. The van der Waals surface area contributed by atoms with E-state index in [1.165, 1.54) is 19.4 Å². The second kappa shape index (κ2) is 8.85. The maximum Gasteiger partial charge on any atom is 0.228 e. The number of imidazole rings is 1. The number of likely N-dealkylation sites (N-methyl/N-ethyl adjacent to an activating group) is 2. The molecule has 0 radical (unpaired) electrons. The van der Waals surface area contributed by atoms with Crippen LogP contribution in [-0.4, -0.2) is 66.2 Å². The van der Waals surface area contributed by atoms with Crippen LogP contribution in [0.1, 0.15) is 52.7 Å². The smallest absolute Gasteiger partial charge is 0.228 e. The molecule has 26 heavy (non-hydrogen) atoms. The third-order valence-electron chi connectivity index (χ3n) is 5.33. The summed E-state index contributed by atoms with van der Waals surface area (Å²) in [5, 5.41) is -0.227. The van der Waals surface area contributed by atoms with Gasteiger partial charge >= 0.3 is 0 Å². The zero-order valence-electron chi connectivity index (χ0n) is 17.3. The van der Waals surface area contributed by atoms with Crippen molar-refractivity contribution in [2.24, 2.45) is 5.92 Å². The summed E-state index contributed by atoms with van der Waals surface area (Å²) in [6, 6.07) is 0.589. The summed E-state index contributed by atoms with van der Waals surface area (Å²) in [5.41, 5.74) is 0.994. The average molecular weight is 385 g/mol. The van der Waals surface area contributed by atoms with Gasteiger partial charge in [-0.2, -0.15) is 0 Å². The topological polar surface area (TPSA) is 58.4 Å². The van der Waals surface area contributed by atoms with E-state index in [1.807, 2.05) is 4.57 Å². The van der Waals surface area contributed by atoms with Crippen LogP contribution in [0.4, 0.5) is 0 Å². The van der Waals surface area contributed by atoms with Gasteiger partial charge in [-0.15, -0.1) is 0 Å². The van der Waals surface area contributed by atoms with Crippen LogP contribution in [0.5, 0.6) is 0 Å². The van der Waals surface area contributed by atoms with Crippen LogP contribution in [0.3, 0.4) is 0 Å². The van der Waals surface area contributed by atoms with Crippen LogP contribution in [0, 0.1) is 5.92 Å². The lowest BCUT2D eigenvalue weighted by Gasteiger charge is -2.26. The Hall–Kier alpha value is -0.920. The summed E-state index contributed by atoms with van der Waals surface area (Å²) >= 11 is 0. The summed E-state index contributed by atoms with van der Waals surface area (Å²) in [4.78, 5) is 9.04. The molecule has 0 aliphatic carbocycles. The summed E-state index contributed by atoms with van der Waals surface area (Å²) in [5.74, 6) is 0.518. The molecule has 1 saturated heterocycles. The second-order valence-electron chi connectivity index (χ2n) is 8.43. The highest BCUT2D eigenvalue weighted by Gasteiger charge is 2.28. The van der Waals surface area contributed by atoms with Crippen molar-refractivity contribution in [1.29, 1.82) is 0 Å². The van der Waals surface area contributed by atoms with E-state index in [4.69, 9.17) is 0 Å². The third-order valence-corrected chi connectivity index (χ3v) is 7.41. The van der Waals surface area contributed by atoms with Gasteiger partial charge in [-0.1, -0.05) is 13.8 Å². The maximum absolute atomic E-state index is 12.7.